The molecule has 1 aliphatic carbocycles. The lowest BCUT2D eigenvalue weighted by Gasteiger charge is -2.12. The van der Waals surface area contributed by atoms with E-state index in [2.05, 4.69) is 20.7 Å². The van der Waals surface area contributed by atoms with Crippen LogP contribution >= 0.6 is 15.9 Å². The lowest BCUT2D eigenvalue weighted by molar-refractivity contribution is 0.0599. The van der Waals surface area contributed by atoms with Gasteiger partial charge in [0.15, 0.2) is 9.84 Å². The summed E-state index contributed by atoms with van der Waals surface area (Å²) in [6.45, 7) is 0. The number of rotatable bonds is 3. The number of methoxy groups -OCH3 is 1. The van der Waals surface area contributed by atoms with Gasteiger partial charge in [0.05, 0.1) is 22.0 Å². The van der Waals surface area contributed by atoms with E-state index in [0.717, 1.165) is 24.7 Å². The smallest absolute Gasteiger partial charge is 0.339 e. The third kappa shape index (κ3) is 2.44. The van der Waals surface area contributed by atoms with Crippen molar-refractivity contribution in [1.82, 2.24) is 0 Å². The predicted octanol–water partition coefficient (Wildman–Crippen LogP) is 2.52. The van der Waals surface area contributed by atoms with Crippen LogP contribution in [0.15, 0.2) is 21.5 Å². The van der Waals surface area contributed by atoms with Crippen molar-refractivity contribution < 1.29 is 17.9 Å². The van der Waals surface area contributed by atoms with Gasteiger partial charge in [-0.3, -0.25) is 0 Å². The summed E-state index contributed by atoms with van der Waals surface area (Å²) in [7, 11) is -2.12. The Bertz CT molecular complexity index is 603. The number of benzene rings is 1. The second-order valence-corrected chi connectivity index (χ2v) is 7.13. The van der Waals surface area contributed by atoms with Crippen LogP contribution in [-0.2, 0) is 14.6 Å². The summed E-state index contributed by atoms with van der Waals surface area (Å²) >= 11 is 3.23. The van der Waals surface area contributed by atoms with Gasteiger partial charge in [-0.15, -0.1) is 0 Å². The minimum atomic E-state index is -3.39. The first kappa shape index (κ1) is 13.5. The van der Waals surface area contributed by atoms with E-state index in [4.69, 9.17) is 0 Å². The van der Waals surface area contributed by atoms with Crippen molar-refractivity contribution in [2.24, 2.45) is 0 Å². The van der Waals surface area contributed by atoms with Crippen molar-refractivity contribution in [3.05, 3.63) is 27.7 Å². The van der Waals surface area contributed by atoms with E-state index in [1.165, 1.54) is 7.11 Å². The molecule has 1 saturated carbocycles. The highest BCUT2D eigenvalue weighted by molar-refractivity contribution is 9.10. The van der Waals surface area contributed by atoms with Gasteiger partial charge in [-0.25, -0.2) is 13.2 Å². The maximum Gasteiger partial charge on any atom is 0.339 e. The van der Waals surface area contributed by atoms with Crippen LogP contribution in [0.4, 0.5) is 0 Å². The number of hydrogen-bond donors (Lipinski definition) is 0. The molecule has 1 aromatic carbocycles. The zero-order chi connectivity index (χ0) is 13.5. The van der Waals surface area contributed by atoms with Crippen LogP contribution in [0.3, 0.4) is 0 Å². The zero-order valence-corrected chi connectivity index (χ0v) is 12.5. The molecule has 1 fully saturated rings. The number of hydrogen-bond acceptors (Lipinski definition) is 4. The maximum atomic E-state index is 11.9. The molecule has 6 heteroatoms. The first-order valence-corrected chi connectivity index (χ1v) is 8.15. The third-order valence-electron chi connectivity index (χ3n) is 2.92. The van der Waals surface area contributed by atoms with Gasteiger partial charge in [-0.05, 0) is 46.3 Å². The molecule has 0 saturated heterocycles. The fourth-order valence-electron chi connectivity index (χ4n) is 1.93. The van der Waals surface area contributed by atoms with E-state index >= 15 is 0 Å². The first-order chi connectivity index (χ1) is 8.36. The van der Waals surface area contributed by atoms with Gasteiger partial charge >= 0.3 is 5.97 Å². The van der Waals surface area contributed by atoms with Crippen LogP contribution < -0.4 is 0 Å². The number of halogens is 1. The number of sulfone groups is 1. The predicted molar refractivity (Wildman–Crippen MR) is 70.6 cm³/mol. The van der Waals surface area contributed by atoms with Crippen LogP contribution in [0.2, 0.25) is 0 Å². The monoisotopic (exact) mass is 332 g/mol. The lowest BCUT2D eigenvalue weighted by atomic mass is 10.1. The van der Waals surface area contributed by atoms with Crippen LogP contribution in [0.25, 0.3) is 0 Å². The van der Waals surface area contributed by atoms with E-state index in [9.17, 15) is 13.2 Å². The second kappa shape index (κ2) is 4.66. The van der Waals surface area contributed by atoms with Crippen molar-refractivity contribution in [2.75, 3.05) is 13.4 Å². The average molecular weight is 333 g/mol. The van der Waals surface area contributed by atoms with Crippen molar-refractivity contribution in [3.63, 3.8) is 0 Å². The van der Waals surface area contributed by atoms with Crippen molar-refractivity contribution in [3.8, 4) is 0 Å². The SMILES string of the molecule is COC(=O)c1ccc(C2CC2)c(S(C)(=O)=O)c1Br. The van der Waals surface area contributed by atoms with E-state index in [1.807, 2.05) is 0 Å². The molecule has 0 N–H and O–H groups in total. The summed E-state index contributed by atoms with van der Waals surface area (Å²) in [4.78, 5) is 11.8. The highest BCUT2D eigenvalue weighted by Crippen LogP contribution is 2.45. The van der Waals surface area contributed by atoms with Crippen LogP contribution in [-0.4, -0.2) is 27.8 Å². The molecule has 4 nitrogen and oxygen atoms in total. The fraction of sp³-hybridized carbons (Fsp3) is 0.417. The number of carbonyl (C=O) groups excluding carboxylic acids is 1. The molecule has 0 aromatic heterocycles. The summed E-state index contributed by atoms with van der Waals surface area (Å²) in [6.07, 6.45) is 3.14. The molecule has 0 unspecified atom stereocenters. The molecule has 0 atom stereocenters. The highest BCUT2D eigenvalue weighted by Gasteiger charge is 2.32. The van der Waals surface area contributed by atoms with Crippen LogP contribution in [0.1, 0.15) is 34.7 Å². The summed E-state index contributed by atoms with van der Waals surface area (Å²) in [5, 5.41) is 0. The molecule has 1 aromatic rings. The molecular formula is C12H13BrO4S. The summed E-state index contributed by atoms with van der Waals surface area (Å²) < 4.78 is 28.7. The molecule has 98 valence electrons. The molecule has 0 amide bonds. The third-order valence-corrected chi connectivity index (χ3v) is 5.19. The Hall–Kier alpha value is -0.880. The minimum Gasteiger partial charge on any atom is -0.465 e. The molecule has 0 heterocycles. The lowest BCUT2D eigenvalue weighted by Crippen LogP contribution is -2.09. The Labute approximate surface area is 114 Å². The van der Waals surface area contributed by atoms with Gasteiger partial charge in [0.1, 0.15) is 0 Å². The van der Waals surface area contributed by atoms with Gasteiger partial charge in [-0.1, -0.05) is 6.07 Å². The Morgan fingerprint density at radius 1 is 1.39 bits per heavy atom. The molecule has 18 heavy (non-hydrogen) atoms. The molecule has 1 aliphatic rings. The fourth-order valence-corrected chi connectivity index (χ4v) is 4.43. The Balaban J connectivity index is 2.68. The Morgan fingerprint density at radius 2 is 2.00 bits per heavy atom. The van der Waals surface area contributed by atoms with Crippen molar-refractivity contribution in [1.29, 1.82) is 0 Å². The molecule has 0 bridgehead atoms. The molecule has 2 rings (SSSR count). The number of esters is 1. The molecular weight excluding hydrogens is 320 g/mol. The summed E-state index contributed by atoms with van der Waals surface area (Å²) in [5.41, 5.74) is 1.03. The highest BCUT2D eigenvalue weighted by atomic mass is 79.9. The Morgan fingerprint density at radius 3 is 2.44 bits per heavy atom. The summed E-state index contributed by atoms with van der Waals surface area (Å²) in [5.74, 6) is -0.258. The van der Waals surface area contributed by atoms with E-state index in [0.29, 0.717) is 4.47 Å². The van der Waals surface area contributed by atoms with Crippen LogP contribution in [0, 0.1) is 0 Å². The Kier molecular flexibility index (Phi) is 3.51. The van der Waals surface area contributed by atoms with Gasteiger partial charge in [-0.2, -0.15) is 0 Å². The summed E-state index contributed by atoms with van der Waals surface area (Å²) in [6, 6.07) is 3.32. The average Bonchev–Trinajstić information content (AvgIpc) is 3.09. The maximum absolute atomic E-state index is 11.9. The second-order valence-electron chi connectivity index (χ2n) is 4.38. The van der Waals surface area contributed by atoms with Gasteiger partial charge in [0.25, 0.3) is 0 Å². The van der Waals surface area contributed by atoms with Crippen LogP contribution in [0.5, 0.6) is 0 Å². The zero-order valence-electron chi connectivity index (χ0n) is 10.1. The number of carbonyl (C=O) groups is 1. The standard InChI is InChI=1S/C12H13BrO4S/c1-17-12(14)9-6-5-8(7-3-4-7)11(10(9)13)18(2,15)16/h5-7H,3-4H2,1-2H3. The first-order valence-electron chi connectivity index (χ1n) is 5.47. The van der Waals surface area contributed by atoms with Crippen molar-refractivity contribution >= 4 is 31.7 Å². The van der Waals surface area contributed by atoms with Gasteiger partial charge in [0.2, 0.25) is 0 Å². The van der Waals surface area contributed by atoms with E-state index in [1.54, 1.807) is 12.1 Å². The minimum absolute atomic E-state index is 0.216. The van der Waals surface area contributed by atoms with E-state index in [-0.39, 0.29) is 16.4 Å². The van der Waals surface area contributed by atoms with Gasteiger partial charge < -0.3 is 4.74 Å². The molecule has 0 radical (unpaired) electrons. The number of ether oxygens (including phenoxy) is 1. The van der Waals surface area contributed by atoms with Gasteiger partial charge in [0, 0.05) is 6.26 Å². The van der Waals surface area contributed by atoms with E-state index < -0.39 is 15.8 Å². The normalized spacial score (nSPS) is 15.5. The molecule has 0 aliphatic heterocycles. The molecule has 0 spiro atoms. The quantitative estimate of drug-likeness (QED) is 0.798. The topological polar surface area (TPSA) is 60.4 Å². The largest absolute Gasteiger partial charge is 0.465 e. The van der Waals surface area contributed by atoms with Crippen molar-refractivity contribution in [2.45, 2.75) is 23.7 Å².